The molecule has 1 aromatic heterocycles. The molecule has 1 aliphatic rings. The number of anilines is 1. The smallest absolute Gasteiger partial charge is 0.311 e. The van der Waals surface area contributed by atoms with E-state index in [4.69, 9.17) is 5.73 Å². The summed E-state index contributed by atoms with van der Waals surface area (Å²) in [6.07, 6.45) is 4.69. The molecule has 92 valence electrons. The van der Waals surface area contributed by atoms with Gasteiger partial charge in [0.1, 0.15) is 0 Å². The third-order valence-electron chi connectivity index (χ3n) is 3.59. The molecule has 0 spiro atoms. The highest BCUT2D eigenvalue weighted by Crippen LogP contribution is 2.32. The fraction of sp³-hybridized carbons (Fsp3) is 0.500. The van der Waals surface area contributed by atoms with Gasteiger partial charge in [-0.2, -0.15) is 0 Å². The Kier molecular flexibility index (Phi) is 3.28. The van der Waals surface area contributed by atoms with Crippen molar-refractivity contribution in [2.24, 2.45) is 11.1 Å². The molecule has 17 heavy (non-hydrogen) atoms. The van der Waals surface area contributed by atoms with Crippen molar-refractivity contribution in [3.05, 3.63) is 24.5 Å². The number of rotatable bonds is 3. The first-order chi connectivity index (χ1) is 8.18. The summed E-state index contributed by atoms with van der Waals surface area (Å²) in [5.41, 5.74) is 5.97. The molecule has 5 nitrogen and oxygen atoms in total. The summed E-state index contributed by atoms with van der Waals surface area (Å²) in [4.78, 5) is 17.4. The zero-order valence-electron chi connectivity index (χ0n) is 9.67. The molecular formula is C12H17N3O2. The zero-order valence-corrected chi connectivity index (χ0v) is 9.67. The van der Waals surface area contributed by atoms with Gasteiger partial charge in [-0.3, -0.25) is 9.78 Å². The highest BCUT2D eigenvalue weighted by molar-refractivity contribution is 5.75. The van der Waals surface area contributed by atoms with Gasteiger partial charge < -0.3 is 15.7 Å². The van der Waals surface area contributed by atoms with Crippen molar-refractivity contribution in [2.75, 3.05) is 24.5 Å². The molecule has 0 atom stereocenters. The first-order valence-corrected chi connectivity index (χ1v) is 5.76. The summed E-state index contributed by atoms with van der Waals surface area (Å²) in [5.74, 6) is -0.769. The summed E-state index contributed by atoms with van der Waals surface area (Å²) in [6.45, 7) is 1.67. The number of carbonyl (C=O) groups is 1. The molecule has 1 fully saturated rings. The number of carboxylic acid groups (broad SMARTS) is 1. The molecule has 1 aromatic rings. The summed E-state index contributed by atoms with van der Waals surface area (Å²) in [7, 11) is 0. The van der Waals surface area contributed by atoms with Crippen LogP contribution in [-0.4, -0.2) is 35.7 Å². The lowest BCUT2D eigenvalue weighted by Gasteiger charge is -2.39. The van der Waals surface area contributed by atoms with Crippen LogP contribution in [0.2, 0.25) is 0 Å². The van der Waals surface area contributed by atoms with Crippen molar-refractivity contribution in [3.8, 4) is 0 Å². The monoisotopic (exact) mass is 235 g/mol. The zero-order chi connectivity index (χ0) is 12.3. The molecule has 1 saturated heterocycles. The van der Waals surface area contributed by atoms with Gasteiger partial charge in [-0.25, -0.2) is 0 Å². The minimum absolute atomic E-state index is 0.215. The average Bonchev–Trinajstić information content (AvgIpc) is 2.39. The van der Waals surface area contributed by atoms with Crippen LogP contribution in [0.15, 0.2) is 24.5 Å². The maximum absolute atomic E-state index is 11.2. The Morgan fingerprint density at radius 2 is 2.00 bits per heavy atom. The number of hydrogen-bond donors (Lipinski definition) is 2. The van der Waals surface area contributed by atoms with E-state index >= 15 is 0 Å². The largest absolute Gasteiger partial charge is 0.481 e. The van der Waals surface area contributed by atoms with Gasteiger partial charge in [-0.05, 0) is 25.0 Å². The molecule has 0 bridgehead atoms. The third kappa shape index (κ3) is 2.24. The molecule has 1 aliphatic heterocycles. The Morgan fingerprint density at radius 3 is 2.47 bits per heavy atom. The summed E-state index contributed by atoms with van der Waals surface area (Å²) in [6, 6.07) is 3.88. The predicted molar refractivity (Wildman–Crippen MR) is 64.8 cm³/mol. The molecule has 5 heteroatoms. The van der Waals surface area contributed by atoms with Crippen LogP contribution in [0, 0.1) is 5.41 Å². The lowest BCUT2D eigenvalue weighted by Crippen LogP contribution is -2.48. The second-order valence-corrected chi connectivity index (χ2v) is 4.48. The van der Waals surface area contributed by atoms with Gasteiger partial charge in [-0.1, -0.05) is 0 Å². The van der Waals surface area contributed by atoms with E-state index in [1.165, 1.54) is 0 Å². The number of aliphatic carboxylic acids is 1. The van der Waals surface area contributed by atoms with E-state index in [1.54, 1.807) is 12.4 Å². The third-order valence-corrected chi connectivity index (χ3v) is 3.59. The maximum Gasteiger partial charge on any atom is 0.311 e. The Hall–Kier alpha value is -1.62. The lowest BCUT2D eigenvalue weighted by molar-refractivity contribution is -0.149. The molecule has 0 aliphatic carbocycles. The number of pyridine rings is 1. The van der Waals surface area contributed by atoms with Crippen LogP contribution in [0.4, 0.5) is 5.69 Å². The number of aromatic nitrogens is 1. The van der Waals surface area contributed by atoms with Gasteiger partial charge in [0.05, 0.1) is 5.41 Å². The summed E-state index contributed by atoms with van der Waals surface area (Å²) < 4.78 is 0. The van der Waals surface area contributed by atoms with Crippen molar-refractivity contribution in [1.29, 1.82) is 0 Å². The second kappa shape index (κ2) is 4.71. The van der Waals surface area contributed by atoms with Gasteiger partial charge in [0.2, 0.25) is 0 Å². The SMILES string of the molecule is NCC1(C(=O)O)CCN(c2ccncc2)CC1. The molecule has 3 N–H and O–H groups in total. The van der Waals surface area contributed by atoms with Crippen LogP contribution in [0.3, 0.4) is 0 Å². The minimum Gasteiger partial charge on any atom is -0.481 e. The van der Waals surface area contributed by atoms with E-state index in [1.807, 2.05) is 12.1 Å². The minimum atomic E-state index is -0.769. The van der Waals surface area contributed by atoms with Crippen molar-refractivity contribution >= 4 is 11.7 Å². The molecule has 0 saturated carbocycles. The number of nitrogens with two attached hydrogens (primary N) is 1. The number of hydrogen-bond acceptors (Lipinski definition) is 4. The van der Waals surface area contributed by atoms with Crippen LogP contribution >= 0.6 is 0 Å². The molecule has 2 heterocycles. The van der Waals surface area contributed by atoms with Crippen LogP contribution < -0.4 is 10.6 Å². The van der Waals surface area contributed by atoms with E-state index in [2.05, 4.69) is 9.88 Å². The van der Waals surface area contributed by atoms with Gasteiger partial charge in [0.25, 0.3) is 0 Å². The van der Waals surface area contributed by atoms with Crippen LogP contribution in [0.25, 0.3) is 0 Å². The van der Waals surface area contributed by atoms with E-state index in [0.717, 1.165) is 18.8 Å². The Bertz CT molecular complexity index is 386. The van der Waals surface area contributed by atoms with E-state index < -0.39 is 11.4 Å². The molecule has 0 aromatic carbocycles. The molecule has 0 amide bonds. The van der Waals surface area contributed by atoms with Gasteiger partial charge >= 0.3 is 5.97 Å². The fourth-order valence-electron chi connectivity index (χ4n) is 2.25. The highest BCUT2D eigenvalue weighted by atomic mass is 16.4. The molecule has 0 radical (unpaired) electrons. The van der Waals surface area contributed by atoms with Crippen LogP contribution in [0.5, 0.6) is 0 Å². The molecule has 2 rings (SSSR count). The fourth-order valence-corrected chi connectivity index (χ4v) is 2.25. The average molecular weight is 235 g/mol. The highest BCUT2D eigenvalue weighted by Gasteiger charge is 2.40. The van der Waals surface area contributed by atoms with Gasteiger partial charge in [0, 0.05) is 37.7 Å². The summed E-state index contributed by atoms with van der Waals surface area (Å²) >= 11 is 0. The predicted octanol–water partition coefficient (Wildman–Crippen LogP) is 0.711. The topological polar surface area (TPSA) is 79.5 Å². The van der Waals surface area contributed by atoms with Crippen molar-refractivity contribution in [3.63, 3.8) is 0 Å². The van der Waals surface area contributed by atoms with E-state index in [-0.39, 0.29) is 6.54 Å². The van der Waals surface area contributed by atoms with Gasteiger partial charge in [-0.15, -0.1) is 0 Å². The Labute approximate surface area is 100 Å². The Balaban J connectivity index is 2.05. The van der Waals surface area contributed by atoms with Gasteiger partial charge in [0.15, 0.2) is 0 Å². The number of carboxylic acids is 1. The number of piperidine rings is 1. The van der Waals surface area contributed by atoms with Crippen molar-refractivity contribution in [1.82, 2.24) is 4.98 Å². The van der Waals surface area contributed by atoms with Crippen molar-refractivity contribution < 1.29 is 9.90 Å². The first-order valence-electron chi connectivity index (χ1n) is 5.76. The second-order valence-electron chi connectivity index (χ2n) is 4.48. The normalized spacial score (nSPS) is 19.0. The van der Waals surface area contributed by atoms with Crippen molar-refractivity contribution in [2.45, 2.75) is 12.8 Å². The van der Waals surface area contributed by atoms with Crippen LogP contribution in [0.1, 0.15) is 12.8 Å². The molecule has 0 unspecified atom stereocenters. The first kappa shape index (κ1) is 11.9. The quantitative estimate of drug-likeness (QED) is 0.806. The summed E-state index contributed by atoms with van der Waals surface area (Å²) in [5, 5.41) is 9.24. The van der Waals surface area contributed by atoms with E-state index in [9.17, 15) is 9.90 Å². The van der Waals surface area contributed by atoms with Crippen LogP contribution in [-0.2, 0) is 4.79 Å². The standard InChI is InChI=1S/C12H17N3O2/c13-9-12(11(16)17)3-7-15(8-4-12)10-1-5-14-6-2-10/h1-2,5-6H,3-4,7-9,13H2,(H,16,17). The molecular weight excluding hydrogens is 218 g/mol. The van der Waals surface area contributed by atoms with E-state index in [0.29, 0.717) is 12.8 Å². The maximum atomic E-state index is 11.2. The number of nitrogens with zero attached hydrogens (tertiary/aromatic N) is 2. The Morgan fingerprint density at radius 1 is 1.41 bits per heavy atom. The lowest BCUT2D eigenvalue weighted by atomic mass is 9.78.